The molecular formula is C13H20O8. The van der Waals surface area contributed by atoms with E-state index < -0.39 is 42.5 Å². The Hall–Kier alpha value is -1.67. The van der Waals surface area contributed by atoms with Crippen molar-refractivity contribution in [3.8, 4) is 0 Å². The van der Waals surface area contributed by atoms with Crippen LogP contribution in [-0.2, 0) is 38.1 Å². The van der Waals surface area contributed by atoms with Crippen molar-refractivity contribution in [3.63, 3.8) is 0 Å². The van der Waals surface area contributed by atoms with Gasteiger partial charge in [0.15, 0.2) is 12.4 Å². The highest BCUT2D eigenvalue weighted by Gasteiger charge is 2.43. The first-order chi connectivity index (χ1) is 9.83. The molecule has 0 aromatic carbocycles. The molecule has 0 N–H and O–H groups in total. The average Bonchev–Trinajstić information content (AvgIpc) is 2.37. The minimum Gasteiger partial charge on any atom is -0.463 e. The predicted octanol–water partition coefficient (Wildman–Crippen LogP) is 0.174. The lowest BCUT2D eigenvalue weighted by Gasteiger charge is -2.39. The summed E-state index contributed by atoms with van der Waals surface area (Å²) in [4.78, 5) is 33.2. The van der Waals surface area contributed by atoms with Gasteiger partial charge in [0.2, 0.25) is 0 Å². The zero-order chi connectivity index (χ0) is 16.0. The molecule has 0 amide bonds. The Balaban J connectivity index is 2.80. The van der Waals surface area contributed by atoms with E-state index in [1.165, 1.54) is 27.9 Å². The van der Waals surface area contributed by atoms with Crippen molar-refractivity contribution in [3.05, 3.63) is 0 Å². The van der Waals surface area contributed by atoms with Gasteiger partial charge in [-0.1, -0.05) is 0 Å². The standard InChI is InChI=1S/C13H20O8/c1-7(14)18-6-10-5-11(19-8(2)15)12(20-9(3)16)13(17-4)21-10/h10-13H,5-6H2,1-4H3/t10-,11-,12+,13+/m0/s1. The van der Waals surface area contributed by atoms with Crippen LogP contribution in [0.3, 0.4) is 0 Å². The van der Waals surface area contributed by atoms with Crippen LogP contribution in [0.1, 0.15) is 27.2 Å². The van der Waals surface area contributed by atoms with Gasteiger partial charge in [-0.2, -0.15) is 0 Å². The second kappa shape index (κ2) is 7.94. The van der Waals surface area contributed by atoms with Gasteiger partial charge in [0.05, 0.1) is 6.10 Å². The molecule has 1 aliphatic rings. The molecule has 1 heterocycles. The third-order valence-electron chi connectivity index (χ3n) is 2.78. The lowest BCUT2D eigenvalue weighted by molar-refractivity contribution is -0.272. The molecule has 8 heteroatoms. The number of hydrogen-bond donors (Lipinski definition) is 0. The summed E-state index contributed by atoms with van der Waals surface area (Å²) in [5.74, 6) is -1.50. The van der Waals surface area contributed by atoms with E-state index in [0.717, 1.165) is 0 Å². The van der Waals surface area contributed by atoms with Crippen LogP contribution >= 0.6 is 0 Å². The van der Waals surface area contributed by atoms with Gasteiger partial charge >= 0.3 is 17.9 Å². The number of carbonyl (C=O) groups is 3. The van der Waals surface area contributed by atoms with Crippen molar-refractivity contribution < 1.29 is 38.1 Å². The number of ether oxygens (including phenoxy) is 5. The molecule has 0 bridgehead atoms. The first kappa shape index (κ1) is 17.4. The van der Waals surface area contributed by atoms with Gasteiger partial charge in [0.1, 0.15) is 12.7 Å². The molecule has 0 aliphatic carbocycles. The summed E-state index contributed by atoms with van der Waals surface area (Å²) in [6, 6.07) is 0. The zero-order valence-corrected chi connectivity index (χ0v) is 12.5. The summed E-state index contributed by atoms with van der Waals surface area (Å²) in [7, 11) is 1.38. The zero-order valence-electron chi connectivity index (χ0n) is 12.5. The minimum absolute atomic E-state index is 0.000248. The Bertz CT molecular complexity index is 394. The predicted molar refractivity (Wildman–Crippen MR) is 68.0 cm³/mol. The molecule has 0 radical (unpaired) electrons. The summed E-state index contributed by atoms with van der Waals surface area (Å²) in [6.07, 6.45) is -2.80. The maximum atomic E-state index is 11.2. The van der Waals surface area contributed by atoms with Crippen LogP contribution < -0.4 is 0 Å². The van der Waals surface area contributed by atoms with E-state index in [9.17, 15) is 14.4 Å². The minimum atomic E-state index is -0.910. The average molecular weight is 304 g/mol. The summed E-state index contributed by atoms with van der Waals surface area (Å²) in [5, 5.41) is 0. The fraction of sp³-hybridized carbons (Fsp3) is 0.769. The summed E-state index contributed by atoms with van der Waals surface area (Å²) in [5.41, 5.74) is 0. The monoisotopic (exact) mass is 304 g/mol. The van der Waals surface area contributed by atoms with Crippen LogP contribution in [-0.4, -0.2) is 56.2 Å². The molecule has 0 saturated carbocycles. The Kier molecular flexibility index (Phi) is 6.57. The topological polar surface area (TPSA) is 97.4 Å². The van der Waals surface area contributed by atoms with Crippen LogP contribution in [0.25, 0.3) is 0 Å². The Morgan fingerprint density at radius 3 is 2.14 bits per heavy atom. The summed E-state index contributed by atoms with van der Waals surface area (Å²) >= 11 is 0. The maximum absolute atomic E-state index is 11.2. The number of hydrogen-bond acceptors (Lipinski definition) is 8. The number of esters is 3. The van der Waals surface area contributed by atoms with E-state index >= 15 is 0 Å². The van der Waals surface area contributed by atoms with Crippen molar-refractivity contribution in [2.24, 2.45) is 0 Å². The molecular weight excluding hydrogens is 284 g/mol. The van der Waals surface area contributed by atoms with Crippen molar-refractivity contribution in [2.75, 3.05) is 13.7 Å². The van der Waals surface area contributed by atoms with E-state index in [0.29, 0.717) is 0 Å². The van der Waals surface area contributed by atoms with Gasteiger partial charge in [-0.3, -0.25) is 14.4 Å². The smallest absolute Gasteiger partial charge is 0.303 e. The molecule has 0 spiro atoms. The molecule has 0 aromatic heterocycles. The van der Waals surface area contributed by atoms with Gasteiger partial charge in [-0.05, 0) is 0 Å². The molecule has 1 rings (SSSR count). The number of rotatable bonds is 5. The number of carbonyl (C=O) groups excluding carboxylic acids is 3. The quantitative estimate of drug-likeness (QED) is 0.524. The summed E-state index contributed by atoms with van der Waals surface area (Å²) < 4.78 is 25.8. The molecule has 21 heavy (non-hydrogen) atoms. The lowest BCUT2D eigenvalue weighted by atomic mass is 10.0. The van der Waals surface area contributed by atoms with Gasteiger partial charge < -0.3 is 23.7 Å². The lowest BCUT2D eigenvalue weighted by Crippen LogP contribution is -2.53. The Morgan fingerprint density at radius 2 is 1.67 bits per heavy atom. The highest BCUT2D eigenvalue weighted by Crippen LogP contribution is 2.26. The van der Waals surface area contributed by atoms with Crippen LogP contribution in [0.2, 0.25) is 0 Å². The fourth-order valence-corrected chi connectivity index (χ4v) is 2.05. The molecule has 1 aliphatic heterocycles. The molecule has 1 saturated heterocycles. The first-order valence-corrected chi connectivity index (χ1v) is 6.49. The van der Waals surface area contributed by atoms with Crippen molar-refractivity contribution in [1.82, 2.24) is 0 Å². The Labute approximate surface area is 122 Å². The molecule has 120 valence electrons. The Morgan fingerprint density at radius 1 is 1.05 bits per heavy atom. The van der Waals surface area contributed by atoms with E-state index in [1.54, 1.807) is 0 Å². The molecule has 4 atom stereocenters. The SMILES string of the molecule is CO[C@@H]1O[C@H](COC(C)=O)C[C@H](OC(C)=O)[C@H]1OC(C)=O. The third kappa shape index (κ3) is 5.68. The van der Waals surface area contributed by atoms with Gasteiger partial charge in [-0.25, -0.2) is 0 Å². The van der Waals surface area contributed by atoms with Gasteiger partial charge in [0.25, 0.3) is 0 Å². The van der Waals surface area contributed by atoms with E-state index in [4.69, 9.17) is 23.7 Å². The molecule has 8 nitrogen and oxygen atoms in total. The highest BCUT2D eigenvalue weighted by molar-refractivity contribution is 5.67. The second-order valence-corrected chi connectivity index (χ2v) is 4.62. The van der Waals surface area contributed by atoms with E-state index in [-0.39, 0.29) is 13.0 Å². The van der Waals surface area contributed by atoms with E-state index in [2.05, 4.69) is 0 Å². The van der Waals surface area contributed by atoms with Crippen LogP contribution in [0.5, 0.6) is 0 Å². The highest BCUT2D eigenvalue weighted by atomic mass is 16.7. The molecule has 0 aromatic rings. The molecule has 0 unspecified atom stereocenters. The van der Waals surface area contributed by atoms with E-state index in [1.807, 2.05) is 0 Å². The maximum Gasteiger partial charge on any atom is 0.303 e. The fourth-order valence-electron chi connectivity index (χ4n) is 2.05. The van der Waals surface area contributed by atoms with Crippen molar-refractivity contribution in [1.29, 1.82) is 0 Å². The number of methoxy groups -OCH3 is 1. The summed E-state index contributed by atoms with van der Waals surface area (Å²) in [6.45, 7) is 3.77. The van der Waals surface area contributed by atoms with Gasteiger partial charge in [0, 0.05) is 34.3 Å². The van der Waals surface area contributed by atoms with Crippen LogP contribution in [0.15, 0.2) is 0 Å². The molecule has 1 fully saturated rings. The van der Waals surface area contributed by atoms with Gasteiger partial charge in [-0.15, -0.1) is 0 Å². The van der Waals surface area contributed by atoms with Crippen LogP contribution in [0.4, 0.5) is 0 Å². The second-order valence-electron chi connectivity index (χ2n) is 4.62. The van der Waals surface area contributed by atoms with Crippen LogP contribution in [0, 0.1) is 0 Å². The van der Waals surface area contributed by atoms with Crippen molar-refractivity contribution >= 4 is 17.9 Å². The van der Waals surface area contributed by atoms with Crippen molar-refractivity contribution in [2.45, 2.75) is 51.8 Å². The third-order valence-corrected chi connectivity index (χ3v) is 2.78. The first-order valence-electron chi connectivity index (χ1n) is 6.49. The largest absolute Gasteiger partial charge is 0.463 e. The normalized spacial score (nSPS) is 28.6.